The SMILES string of the molecule is CCOC(CC)COP1(=O)OCCC(c2cccc(Cl)c2)O1.Nc1nc2c(c(=O)[nH]1)NCN2. The van der Waals surface area contributed by atoms with Gasteiger partial charge in [0.05, 0.1) is 32.1 Å². The molecule has 1 saturated heterocycles. The number of aromatic amines is 1. The molecule has 0 amide bonds. The number of aromatic nitrogens is 2. The van der Waals surface area contributed by atoms with E-state index in [4.69, 9.17) is 35.6 Å². The third-order valence-electron chi connectivity index (χ3n) is 4.84. The number of fused-ring (bicyclic) bond motifs is 1. The van der Waals surface area contributed by atoms with Crippen LogP contribution in [0.4, 0.5) is 17.5 Å². The van der Waals surface area contributed by atoms with Crippen LogP contribution < -0.4 is 21.9 Å². The highest BCUT2D eigenvalue weighted by molar-refractivity contribution is 7.48. The van der Waals surface area contributed by atoms with Gasteiger partial charge in [0, 0.05) is 18.1 Å². The zero-order chi connectivity index (χ0) is 23.8. The number of H-pyrrole nitrogens is 1. The summed E-state index contributed by atoms with van der Waals surface area (Å²) >= 11 is 5.99. The number of hydrogen-bond acceptors (Lipinski definition) is 10. The van der Waals surface area contributed by atoms with E-state index in [9.17, 15) is 9.36 Å². The Balaban J connectivity index is 0.000000231. The van der Waals surface area contributed by atoms with E-state index in [1.54, 1.807) is 12.1 Å². The number of hydrogen-bond donors (Lipinski definition) is 4. The molecule has 5 N–H and O–H groups in total. The van der Waals surface area contributed by atoms with Crippen molar-refractivity contribution in [2.24, 2.45) is 0 Å². The zero-order valence-corrected chi connectivity index (χ0v) is 20.2. The minimum atomic E-state index is -3.56. The predicted molar refractivity (Wildman–Crippen MR) is 126 cm³/mol. The summed E-state index contributed by atoms with van der Waals surface area (Å²) in [5.74, 6) is 0.649. The van der Waals surface area contributed by atoms with Gasteiger partial charge in [-0.1, -0.05) is 30.7 Å². The largest absolute Gasteiger partial charge is 0.475 e. The Morgan fingerprint density at radius 1 is 1.36 bits per heavy atom. The lowest BCUT2D eigenvalue weighted by Crippen LogP contribution is -2.21. The van der Waals surface area contributed by atoms with Gasteiger partial charge in [0.15, 0.2) is 5.82 Å². The van der Waals surface area contributed by atoms with Gasteiger partial charge in [0.2, 0.25) is 5.95 Å². The first-order valence-corrected chi connectivity index (χ1v) is 12.5. The molecule has 3 atom stereocenters. The van der Waals surface area contributed by atoms with Crippen molar-refractivity contribution in [2.45, 2.75) is 38.9 Å². The molecule has 0 aliphatic carbocycles. The Morgan fingerprint density at radius 3 is 2.91 bits per heavy atom. The van der Waals surface area contributed by atoms with Crippen LogP contribution in [0.2, 0.25) is 5.02 Å². The van der Waals surface area contributed by atoms with Crippen LogP contribution >= 0.6 is 19.4 Å². The van der Waals surface area contributed by atoms with E-state index in [1.807, 2.05) is 26.0 Å². The molecule has 2 aliphatic rings. The fourth-order valence-corrected chi connectivity index (χ4v) is 4.82. The molecule has 13 heteroatoms. The van der Waals surface area contributed by atoms with E-state index in [0.29, 0.717) is 42.8 Å². The molecule has 1 aromatic carbocycles. The Labute approximate surface area is 196 Å². The van der Waals surface area contributed by atoms with Crippen LogP contribution in [0.1, 0.15) is 38.4 Å². The van der Waals surface area contributed by atoms with Crippen LogP contribution in [0.5, 0.6) is 0 Å². The van der Waals surface area contributed by atoms with Crippen LogP contribution in [0.3, 0.4) is 0 Å². The van der Waals surface area contributed by atoms with Gasteiger partial charge in [-0.2, -0.15) is 4.98 Å². The molecule has 3 heterocycles. The van der Waals surface area contributed by atoms with E-state index in [1.165, 1.54) is 0 Å². The number of nitrogen functional groups attached to an aromatic ring is 1. The molecule has 2 aliphatic heterocycles. The van der Waals surface area contributed by atoms with Crippen LogP contribution in [-0.4, -0.2) is 42.6 Å². The van der Waals surface area contributed by atoms with Gasteiger partial charge in [0.25, 0.3) is 5.56 Å². The maximum atomic E-state index is 12.6. The van der Waals surface area contributed by atoms with Crippen molar-refractivity contribution in [3.05, 3.63) is 45.2 Å². The molecule has 2 aromatic rings. The fourth-order valence-electron chi connectivity index (χ4n) is 3.21. The summed E-state index contributed by atoms with van der Waals surface area (Å²) in [5, 5.41) is 6.30. The van der Waals surface area contributed by atoms with Gasteiger partial charge in [-0.25, -0.2) is 4.57 Å². The van der Waals surface area contributed by atoms with Crippen molar-refractivity contribution in [3.63, 3.8) is 0 Å². The molecule has 0 saturated carbocycles. The van der Waals surface area contributed by atoms with Crippen molar-refractivity contribution in [1.29, 1.82) is 0 Å². The Bertz CT molecular complexity index is 1040. The summed E-state index contributed by atoms with van der Waals surface area (Å²) in [4.78, 5) is 17.3. The van der Waals surface area contributed by atoms with Gasteiger partial charge in [0.1, 0.15) is 5.69 Å². The summed E-state index contributed by atoms with van der Waals surface area (Å²) < 4.78 is 34.3. The van der Waals surface area contributed by atoms with Crippen molar-refractivity contribution >= 4 is 36.9 Å². The number of rotatable bonds is 7. The average molecular weight is 502 g/mol. The van der Waals surface area contributed by atoms with Crippen LogP contribution in [0.15, 0.2) is 29.1 Å². The minimum absolute atomic E-state index is 0.116. The molecule has 182 valence electrons. The Morgan fingerprint density at radius 2 is 2.18 bits per heavy atom. The van der Waals surface area contributed by atoms with E-state index >= 15 is 0 Å². The lowest BCUT2D eigenvalue weighted by molar-refractivity contribution is -0.0134. The number of phosphoric ester groups is 1. The van der Waals surface area contributed by atoms with E-state index in [0.717, 1.165) is 12.0 Å². The number of nitrogens with one attached hydrogen (secondary N) is 3. The minimum Gasteiger partial charge on any atom is -0.376 e. The molecule has 1 fully saturated rings. The number of phosphoric acid groups is 1. The molecule has 33 heavy (non-hydrogen) atoms. The monoisotopic (exact) mass is 501 g/mol. The number of ether oxygens (including phenoxy) is 1. The molecule has 1 aromatic heterocycles. The number of anilines is 3. The first kappa shape index (κ1) is 25.5. The highest BCUT2D eigenvalue weighted by Gasteiger charge is 2.36. The van der Waals surface area contributed by atoms with Crippen LogP contribution in [-0.2, 0) is 22.9 Å². The van der Waals surface area contributed by atoms with E-state index in [2.05, 4.69) is 20.6 Å². The maximum absolute atomic E-state index is 12.6. The van der Waals surface area contributed by atoms with Gasteiger partial charge >= 0.3 is 7.82 Å². The van der Waals surface area contributed by atoms with Crippen molar-refractivity contribution in [1.82, 2.24) is 9.97 Å². The molecular formula is C20H29ClN5O6P. The smallest absolute Gasteiger partial charge is 0.376 e. The second kappa shape index (κ2) is 11.8. The molecular weight excluding hydrogens is 473 g/mol. The second-order valence-electron chi connectivity index (χ2n) is 7.20. The van der Waals surface area contributed by atoms with Crippen LogP contribution in [0, 0.1) is 0 Å². The Kier molecular flexibility index (Phi) is 9.13. The number of nitrogens with two attached hydrogens (primary N) is 1. The molecule has 11 nitrogen and oxygen atoms in total. The molecule has 0 radical (unpaired) electrons. The predicted octanol–water partition coefficient (Wildman–Crippen LogP) is 3.90. The van der Waals surface area contributed by atoms with Crippen molar-refractivity contribution in [3.8, 4) is 0 Å². The first-order valence-electron chi connectivity index (χ1n) is 10.7. The molecule has 3 unspecified atom stereocenters. The van der Waals surface area contributed by atoms with E-state index < -0.39 is 7.82 Å². The standard InChI is InChI=1S/C15H22ClO5P.C5H7N5O/c1-3-14(18-4-2)11-20-22(17)19-9-8-15(21-22)12-6-5-7-13(16)10-12;6-5-9-3-2(4(11)10-5)7-1-8-3/h5-7,10,14-15H,3-4,8-9,11H2,1-2H3;7H,1H2,(H4,6,8,9,10,11). The summed E-state index contributed by atoms with van der Waals surface area (Å²) in [6, 6.07) is 7.32. The summed E-state index contributed by atoms with van der Waals surface area (Å²) in [7, 11) is -3.56. The Hall–Kier alpha value is -2.14. The lowest BCUT2D eigenvalue weighted by atomic mass is 10.1. The topological polar surface area (TPSA) is 150 Å². The lowest BCUT2D eigenvalue weighted by Gasteiger charge is -2.30. The van der Waals surface area contributed by atoms with Crippen molar-refractivity contribution in [2.75, 3.05) is 42.9 Å². The maximum Gasteiger partial charge on any atom is 0.475 e. The average Bonchev–Trinajstić information content (AvgIpc) is 3.26. The number of nitrogens with zero attached hydrogens (tertiary/aromatic N) is 1. The van der Waals surface area contributed by atoms with Gasteiger partial charge in [-0.05, 0) is 31.0 Å². The van der Waals surface area contributed by atoms with Gasteiger partial charge in [-0.3, -0.25) is 23.3 Å². The number of halogens is 1. The summed E-state index contributed by atoms with van der Waals surface area (Å²) in [6.07, 6.45) is 0.919. The third kappa shape index (κ3) is 7.17. The fraction of sp³-hybridized carbons (Fsp3) is 0.500. The second-order valence-corrected chi connectivity index (χ2v) is 9.26. The highest BCUT2D eigenvalue weighted by Crippen LogP contribution is 2.57. The molecule has 0 bridgehead atoms. The van der Waals surface area contributed by atoms with Gasteiger partial charge < -0.3 is 21.1 Å². The van der Waals surface area contributed by atoms with Gasteiger partial charge in [-0.15, -0.1) is 0 Å². The summed E-state index contributed by atoms with van der Waals surface area (Å²) in [5.41, 5.74) is 6.39. The van der Waals surface area contributed by atoms with E-state index in [-0.39, 0.29) is 30.3 Å². The normalized spacial score (nSPS) is 22.3. The van der Waals surface area contributed by atoms with Crippen LogP contribution in [0.25, 0.3) is 0 Å². The number of benzene rings is 1. The highest BCUT2D eigenvalue weighted by atomic mass is 35.5. The molecule has 0 spiro atoms. The third-order valence-corrected chi connectivity index (χ3v) is 6.55. The quantitative estimate of drug-likeness (QED) is 0.411. The zero-order valence-electron chi connectivity index (χ0n) is 18.5. The summed E-state index contributed by atoms with van der Waals surface area (Å²) in [6.45, 7) is 5.50. The van der Waals surface area contributed by atoms with Crippen molar-refractivity contribution < 1.29 is 22.9 Å². The first-order chi connectivity index (χ1) is 15.8. The molecule has 4 rings (SSSR count).